The molecule has 0 bridgehead atoms. The standard InChI is InChI=1S/C18H22N2O6/c1-11-4-3-5-12-14(11)19-15(22)18(12,24)10-13(21)20-17(16(23)25-2)6-8-26-9-7-17/h3-5,24H,6-10H2,1-2H3,(H,19,22)(H,20,21). The Morgan fingerprint density at radius 2 is 2.04 bits per heavy atom. The molecule has 2 amide bonds. The number of nitrogens with one attached hydrogen (secondary N) is 2. The molecule has 0 radical (unpaired) electrons. The van der Waals surface area contributed by atoms with Gasteiger partial charge >= 0.3 is 5.97 Å². The van der Waals surface area contributed by atoms with Crippen LogP contribution >= 0.6 is 0 Å². The van der Waals surface area contributed by atoms with Gasteiger partial charge in [-0.2, -0.15) is 0 Å². The van der Waals surface area contributed by atoms with Crippen LogP contribution < -0.4 is 10.6 Å². The Morgan fingerprint density at radius 1 is 1.35 bits per heavy atom. The summed E-state index contributed by atoms with van der Waals surface area (Å²) < 4.78 is 10.1. The summed E-state index contributed by atoms with van der Waals surface area (Å²) in [7, 11) is 1.25. The fourth-order valence-corrected chi connectivity index (χ4v) is 3.53. The third kappa shape index (κ3) is 2.95. The van der Waals surface area contributed by atoms with Crippen LogP contribution in [0.1, 0.15) is 30.4 Å². The normalized spacial score (nSPS) is 23.7. The van der Waals surface area contributed by atoms with E-state index in [1.54, 1.807) is 25.1 Å². The van der Waals surface area contributed by atoms with Crippen molar-refractivity contribution in [3.05, 3.63) is 29.3 Å². The van der Waals surface area contributed by atoms with Crippen molar-refractivity contribution in [1.82, 2.24) is 5.32 Å². The number of carbonyl (C=O) groups is 3. The molecule has 1 atom stereocenters. The van der Waals surface area contributed by atoms with Crippen molar-refractivity contribution in [2.24, 2.45) is 0 Å². The van der Waals surface area contributed by atoms with Crippen molar-refractivity contribution in [3.63, 3.8) is 0 Å². The molecule has 8 heteroatoms. The lowest BCUT2D eigenvalue weighted by Crippen LogP contribution is -2.59. The fraction of sp³-hybridized carbons (Fsp3) is 0.500. The number of carbonyl (C=O) groups excluding carboxylic acids is 3. The Kier molecular flexibility index (Phi) is 4.72. The Morgan fingerprint density at radius 3 is 2.69 bits per heavy atom. The van der Waals surface area contributed by atoms with Crippen LogP contribution in [-0.2, 0) is 29.5 Å². The third-order valence-corrected chi connectivity index (χ3v) is 5.05. The van der Waals surface area contributed by atoms with Gasteiger partial charge in [0.2, 0.25) is 5.91 Å². The van der Waals surface area contributed by atoms with E-state index >= 15 is 0 Å². The predicted octanol–water partition coefficient (Wildman–Crippen LogP) is 0.363. The van der Waals surface area contributed by atoms with Crippen LogP contribution in [0.25, 0.3) is 0 Å². The predicted molar refractivity (Wildman–Crippen MR) is 91.3 cm³/mol. The quantitative estimate of drug-likeness (QED) is 0.667. The Bertz CT molecular complexity index is 756. The molecule has 0 aromatic heterocycles. The zero-order valence-electron chi connectivity index (χ0n) is 14.8. The number of fused-ring (bicyclic) bond motifs is 1. The van der Waals surface area contributed by atoms with E-state index in [1.165, 1.54) is 7.11 Å². The molecule has 0 spiro atoms. The lowest BCUT2D eigenvalue weighted by Gasteiger charge is -2.35. The van der Waals surface area contributed by atoms with Crippen molar-refractivity contribution < 1.29 is 29.0 Å². The number of rotatable bonds is 4. The average Bonchev–Trinajstić information content (AvgIpc) is 2.87. The molecule has 1 aromatic carbocycles. The van der Waals surface area contributed by atoms with Crippen LogP contribution in [0.15, 0.2) is 18.2 Å². The van der Waals surface area contributed by atoms with E-state index in [0.717, 1.165) is 5.56 Å². The summed E-state index contributed by atoms with van der Waals surface area (Å²) in [5.41, 5.74) is -1.51. The van der Waals surface area contributed by atoms with Crippen molar-refractivity contribution >= 4 is 23.5 Å². The maximum absolute atomic E-state index is 12.6. The van der Waals surface area contributed by atoms with Gasteiger partial charge in [0.25, 0.3) is 5.91 Å². The van der Waals surface area contributed by atoms with Crippen molar-refractivity contribution in [2.75, 3.05) is 25.6 Å². The fourth-order valence-electron chi connectivity index (χ4n) is 3.53. The molecule has 3 N–H and O–H groups in total. The average molecular weight is 362 g/mol. The molecule has 1 saturated heterocycles. The van der Waals surface area contributed by atoms with Crippen LogP contribution in [-0.4, -0.2) is 48.8 Å². The van der Waals surface area contributed by atoms with E-state index in [1.807, 2.05) is 0 Å². The second-order valence-electron chi connectivity index (χ2n) is 6.72. The molecule has 0 saturated carbocycles. The maximum Gasteiger partial charge on any atom is 0.331 e. The van der Waals surface area contributed by atoms with Gasteiger partial charge in [0.05, 0.1) is 19.2 Å². The topological polar surface area (TPSA) is 114 Å². The number of anilines is 1. The van der Waals surface area contributed by atoms with Gasteiger partial charge in [-0.25, -0.2) is 4.79 Å². The zero-order valence-corrected chi connectivity index (χ0v) is 14.8. The van der Waals surface area contributed by atoms with Crippen LogP contribution in [0.5, 0.6) is 0 Å². The summed E-state index contributed by atoms with van der Waals surface area (Å²) in [6.45, 7) is 2.42. The Labute approximate surface area is 150 Å². The Balaban J connectivity index is 1.82. The molecule has 1 aromatic rings. The minimum absolute atomic E-state index is 0.270. The van der Waals surface area contributed by atoms with E-state index < -0.39 is 35.3 Å². The smallest absolute Gasteiger partial charge is 0.331 e. The molecule has 3 rings (SSSR count). The van der Waals surface area contributed by atoms with E-state index in [9.17, 15) is 19.5 Å². The lowest BCUT2D eigenvalue weighted by molar-refractivity contribution is -0.156. The molecule has 140 valence electrons. The van der Waals surface area contributed by atoms with Gasteiger partial charge in [-0.3, -0.25) is 9.59 Å². The first-order valence-corrected chi connectivity index (χ1v) is 8.43. The van der Waals surface area contributed by atoms with Gasteiger partial charge in [0, 0.05) is 31.6 Å². The molecule has 8 nitrogen and oxygen atoms in total. The van der Waals surface area contributed by atoms with Gasteiger partial charge < -0.3 is 25.2 Å². The number of ether oxygens (including phenoxy) is 2. The number of hydrogen-bond donors (Lipinski definition) is 3. The van der Waals surface area contributed by atoms with Crippen LogP contribution in [0.4, 0.5) is 5.69 Å². The summed E-state index contributed by atoms with van der Waals surface area (Å²) in [4.78, 5) is 37.2. The highest BCUT2D eigenvalue weighted by molar-refractivity contribution is 6.07. The monoisotopic (exact) mass is 362 g/mol. The summed E-state index contributed by atoms with van der Waals surface area (Å²) in [6.07, 6.45) is 0.0480. The van der Waals surface area contributed by atoms with Gasteiger partial charge in [0.1, 0.15) is 5.54 Å². The summed E-state index contributed by atoms with van der Waals surface area (Å²) in [6, 6.07) is 5.13. The first-order valence-electron chi connectivity index (χ1n) is 8.43. The van der Waals surface area contributed by atoms with Crippen LogP contribution in [0.3, 0.4) is 0 Å². The second-order valence-corrected chi connectivity index (χ2v) is 6.72. The number of esters is 1. The number of aryl methyl sites for hydroxylation is 1. The van der Waals surface area contributed by atoms with Crippen LogP contribution in [0.2, 0.25) is 0 Å². The SMILES string of the molecule is COC(=O)C1(NC(=O)CC2(O)C(=O)Nc3c(C)cccc32)CCOCC1. The summed E-state index contributed by atoms with van der Waals surface area (Å²) in [5, 5.41) is 16.2. The van der Waals surface area contributed by atoms with Gasteiger partial charge in [-0.05, 0) is 12.5 Å². The van der Waals surface area contributed by atoms with Gasteiger partial charge in [-0.1, -0.05) is 18.2 Å². The largest absolute Gasteiger partial charge is 0.467 e. The number of para-hydroxylation sites is 1. The highest BCUT2D eigenvalue weighted by Crippen LogP contribution is 2.40. The molecule has 2 heterocycles. The first kappa shape index (κ1) is 18.3. The number of hydrogen-bond acceptors (Lipinski definition) is 6. The maximum atomic E-state index is 12.6. The van der Waals surface area contributed by atoms with Gasteiger partial charge in [-0.15, -0.1) is 0 Å². The number of methoxy groups -OCH3 is 1. The van der Waals surface area contributed by atoms with Crippen molar-refractivity contribution in [1.29, 1.82) is 0 Å². The van der Waals surface area contributed by atoms with E-state index in [-0.39, 0.29) is 12.8 Å². The van der Waals surface area contributed by atoms with Crippen molar-refractivity contribution in [3.8, 4) is 0 Å². The highest BCUT2D eigenvalue weighted by atomic mass is 16.5. The zero-order chi connectivity index (χ0) is 18.9. The second kappa shape index (κ2) is 6.69. The molecule has 1 fully saturated rings. The van der Waals surface area contributed by atoms with Gasteiger partial charge in [0.15, 0.2) is 5.60 Å². The molecule has 2 aliphatic heterocycles. The minimum atomic E-state index is -1.98. The number of amides is 2. The molecule has 2 aliphatic rings. The summed E-state index contributed by atoms with van der Waals surface area (Å²) >= 11 is 0. The molecular weight excluding hydrogens is 340 g/mol. The Hall–Kier alpha value is -2.45. The van der Waals surface area contributed by atoms with E-state index in [2.05, 4.69) is 10.6 Å². The molecule has 1 unspecified atom stereocenters. The lowest BCUT2D eigenvalue weighted by atomic mass is 9.87. The molecular formula is C18H22N2O6. The number of aliphatic hydroxyl groups is 1. The third-order valence-electron chi connectivity index (χ3n) is 5.05. The van der Waals surface area contributed by atoms with Crippen molar-refractivity contribution in [2.45, 2.75) is 37.3 Å². The summed E-state index contributed by atoms with van der Waals surface area (Å²) in [5.74, 6) is -1.83. The first-order chi connectivity index (χ1) is 12.3. The highest BCUT2D eigenvalue weighted by Gasteiger charge is 2.49. The molecule has 0 aliphatic carbocycles. The molecule has 26 heavy (non-hydrogen) atoms. The van der Waals surface area contributed by atoms with Crippen LogP contribution in [0, 0.1) is 6.92 Å². The van der Waals surface area contributed by atoms with E-state index in [4.69, 9.17) is 9.47 Å². The minimum Gasteiger partial charge on any atom is -0.467 e. The van der Waals surface area contributed by atoms with E-state index in [0.29, 0.717) is 24.5 Å². The number of benzene rings is 1.